The van der Waals surface area contributed by atoms with Crippen LogP contribution in [-0.4, -0.2) is 9.55 Å². The van der Waals surface area contributed by atoms with E-state index in [0.717, 1.165) is 29.1 Å². The molecule has 0 bridgehead atoms. The Morgan fingerprint density at radius 2 is 1.52 bits per heavy atom. The van der Waals surface area contributed by atoms with Gasteiger partial charge in [-0.1, -0.05) is 57.6 Å². The molecule has 0 saturated heterocycles. The fraction of sp³-hybridized carbons (Fsp3) is 0.409. The number of nitrogen functional groups attached to an aromatic ring is 1. The highest BCUT2D eigenvalue weighted by Crippen LogP contribution is 2.26. The predicted molar refractivity (Wildman–Crippen MR) is 108 cm³/mol. The van der Waals surface area contributed by atoms with E-state index in [4.69, 9.17) is 10.7 Å². The third-order valence-corrected chi connectivity index (χ3v) is 4.81. The van der Waals surface area contributed by atoms with Gasteiger partial charge in [0.2, 0.25) is 0 Å². The average molecular weight is 335 g/mol. The zero-order valence-corrected chi connectivity index (χ0v) is 15.2. The number of imidazole rings is 1. The van der Waals surface area contributed by atoms with E-state index in [1.165, 1.54) is 50.5 Å². The van der Waals surface area contributed by atoms with Crippen molar-refractivity contribution < 1.29 is 0 Å². The number of aryl methyl sites for hydroxylation is 1. The van der Waals surface area contributed by atoms with Crippen molar-refractivity contribution in [2.24, 2.45) is 0 Å². The van der Waals surface area contributed by atoms with Crippen molar-refractivity contribution in [1.29, 1.82) is 0 Å². The van der Waals surface area contributed by atoms with Crippen LogP contribution in [0.5, 0.6) is 0 Å². The van der Waals surface area contributed by atoms with E-state index < -0.39 is 0 Å². The van der Waals surface area contributed by atoms with Gasteiger partial charge < -0.3 is 10.3 Å². The van der Waals surface area contributed by atoms with Crippen LogP contribution in [0.1, 0.15) is 51.9 Å². The number of nitrogens with zero attached hydrogens (tertiary/aromatic N) is 2. The summed E-state index contributed by atoms with van der Waals surface area (Å²) in [5, 5.41) is 0. The fourth-order valence-corrected chi connectivity index (χ4v) is 3.38. The molecule has 25 heavy (non-hydrogen) atoms. The number of hydrogen-bond acceptors (Lipinski definition) is 2. The Morgan fingerprint density at radius 3 is 2.28 bits per heavy atom. The normalized spacial score (nSPS) is 11.2. The Balaban J connectivity index is 1.74. The standard InChI is InChI=1S/C22H29N3/c1-2-3-4-5-6-7-10-17-25-21-12-9-8-11-20(21)24-22(25)18-13-15-19(23)16-14-18/h8-9,11-16H,2-7,10,17,23H2,1H3. The van der Waals surface area contributed by atoms with Gasteiger partial charge in [0.25, 0.3) is 0 Å². The van der Waals surface area contributed by atoms with Gasteiger partial charge in [0.1, 0.15) is 5.82 Å². The maximum Gasteiger partial charge on any atom is 0.141 e. The zero-order valence-electron chi connectivity index (χ0n) is 15.2. The minimum absolute atomic E-state index is 0.790. The van der Waals surface area contributed by atoms with Gasteiger partial charge in [0.05, 0.1) is 11.0 Å². The number of rotatable bonds is 9. The molecule has 0 radical (unpaired) electrons. The third-order valence-electron chi connectivity index (χ3n) is 4.81. The summed E-state index contributed by atoms with van der Waals surface area (Å²) in [6.07, 6.45) is 9.25. The summed E-state index contributed by atoms with van der Waals surface area (Å²) >= 11 is 0. The SMILES string of the molecule is CCCCCCCCCn1c(-c2ccc(N)cc2)nc2ccccc21. The molecule has 0 unspecified atom stereocenters. The number of para-hydroxylation sites is 2. The first-order valence-electron chi connectivity index (χ1n) is 9.61. The third kappa shape index (κ3) is 4.41. The maximum absolute atomic E-state index is 5.84. The van der Waals surface area contributed by atoms with Gasteiger partial charge in [-0.2, -0.15) is 0 Å². The Bertz CT molecular complexity index is 787. The van der Waals surface area contributed by atoms with Crippen LogP contribution in [0.15, 0.2) is 48.5 Å². The number of hydrogen-bond donors (Lipinski definition) is 1. The maximum atomic E-state index is 5.84. The van der Waals surface area contributed by atoms with Crippen LogP contribution in [-0.2, 0) is 6.54 Å². The minimum Gasteiger partial charge on any atom is -0.399 e. The summed E-state index contributed by atoms with van der Waals surface area (Å²) in [6, 6.07) is 16.5. The van der Waals surface area contributed by atoms with Crippen LogP contribution < -0.4 is 5.73 Å². The van der Waals surface area contributed by atoms with E-state index in [1.54, 1.807) is 0 Å². The topological polar surface area (TPSA) is 43.8 Å². The van der Waals surface area contributed by atoms with Crippen molar-refractivity contribution in [2.75, 3.05) is 5.73 Å². The van der Waals surface area contributed by atoms with Crippen LogP contribution in [0.2, 0.25) is 0 Å². The van der Waals surface area contributed by atoms with Gasteiger partial charge in [-0.25, -0.2) is 4.98 Å². The van der Waals surface area contributed by atoms with E-state index in [0.29, 0.717) is 0 Å². The van der Waals surface area contributed by atoms with Crippen LogP contribution in [0, 0.1) is 0 Å². The lowest BCUT2D eigenvalue weighted by Crippen LogP contribution is -2.01. The summed E-state index contributed by atoms with van der Waals surface area (Å²) in [6.45, 7) is 3.29. The van der Waals surface area contributed by atoms with Crippen molar-refractivity contribution in [2.45, 2.75) is 58.4 Å². The van der Waals surface area contributed by atoms with Crippen LogP contribution in [0.4, 0.5) is 5.69 Å². The Labute approximate surface area is 150 Å². The number of unbranched alkanes of at least 4 members (excludes halogenated alkanes) is 6. The van der Waals surface area contributed by atoms with Crippen molar-refractivity contribution in [3.8, 4) is 11.4 Å². The number of benzene rings is 2. The lowest BCUT2D eigenvalue weighted by Gasteiger charge is -2.10. The Kier molecular flexibility index (Phi) is 6.10. The van der Waals surface area contributed by atoms with Crippen LogP contribution >= 0.6 is 0 Å². The first kappa shape index (κ1) is 17.5. The molecule has 0 aliphatic heterocycles. The van der Waals surface area contributed by atoms with Gasteiger partial charge in [-0.05, 0) is 42.8 Å². The van der Waals surface area contributed by atoms with Crippen molar-refractivity contribution in [1.82, 2.24) is 9.55 Å². The molecule has 3 nitrogen and oxygen atoms in total. The second kappa shape index (κ2) is 8.70. The zero-order chi connectivity index (χ0) is 17.5. The van der Waals surface area contributed by atoms with Gasteiger partial charge in [0, 0.05) is 17.8 Å². The lowest BCUT2D eigenvalue weighted by molar-refractivity contribution is 0.557. The van der Waals surface area contributed by atoms with Crippen molar-refractivity contribution >= 4 is 16.7 Å². The molecule has 1 heterocycles. The molecule has 3 heteroatoms. The number of aromatic nitrogens is 2. The molecule has 0 fully saturated rings. The molecular formula is C22H29N3. The summed E-state index contributed by atoms with van der Waals surface area (Å²) in [7, 11) is 0. The number of fused-ring (bicyclic) bond motifs is 1. The average Bonchev–Trinajstić information content (AvgIpc) is 3.00. The molecule has 2 N–H and O–H groups in total. The van der Waals surface area contributed by atoms with Crippen LogP contribution in [0.25, 0.3) is 22.4 Å². The van der Waals surface area contributed by atoms with E-state index in [2.05, 4.69) is 47.9 Å². The quantitative estimate of drug-likeness (QED) is 0.383. The van der Waals surface area contributed by atoms with Gasteiger partial charge in [0.15, 0.2) is 0 Å². The van der Waals surface area contributed by atoms with Gasteiger partial charge in [-0.3, -0.25) is 0 Å². The molecule has 132 valence electrons. The molecule has 0 atom stereocenters. The van der Waals surface area contributed by atoms with E-state index in [9.17, 15) is 0 Å². The molecule has 3 rings (SSSR count). The molecule has 0 amide bonds. The number of anilines is 1. The molecule has 1 aromatic heterocycles. The van der Waals surface area contributed by atoms with Crippen LogP contribution in [0.3, 0.4) is 0 Å². The molecule has 0 spiro atoms. The van der Waals surface area contributed by atoms with E-state index >= 15 is 0 Å². The second-order valence-corrected chi connectivity index (χ2v) is 6.82. The Hall–Kier alpha value is -2.29. The summed E-state index contributed by atoms with van der Waals surface area (Å²) < 4.78 is 2.37. The lowest BCUT2D eigenvalue weighted by atomic mass is 10.1. The predicted octanol–water partition coefficient (Wildman–Crippen LogP) is 6.04. The van der Waals surface area contributed by atoms with E-state index in [-0.39, 0.29) is 0 Å². The smallest absolute Gasteiger partial charge is 0.141 e. The highest BCUT2D eigenvalue weighted by molar-refractivity contribution is 5.80. The summed E-state index contributed by atoms with van der Waals surface area (Å²) in [5.74, 6) is 1.05. The molecule has 0 saturated carbocycles. The molecule has 0 aliphatic carbocycles. The highest BCUT2D eigenvalue weighted by Gasteiger charge is 2.11. The first-order chi connectivity index (χ1) is 12.3. The highest BCUT2D eigenvalue weighted by atomic mass is 15.1. The minimum atomic E-state index is 0.790. The molecule has 2 aromatic carbocycles. The molecule has 0 aliphatic rings. The Morgan fingerprint density at radius 1 is 0.840 bits per heavy atom. The molecule has 3 aromatic rings. The summed E-state index contributed by atoms with van der Waals surface area (Å²) in [4.78, 5) is 4.87. The fourth-order valence-electron chi connectivity index (χ4n) is 3.38. The summed E-state index contributed by atoms with van der Waals surface area (Å²) in [5.41, 5.74) is 10.1. The van der Waals surface area contributed by atoms with E-state index in [1.807, 2.05) is 12.1 Å². The van der Waals surface area contributed by atoms with Crippen molar-refractivity contribution in [3.63, 3.8) is 0 Å². The largest absolute Gasteiger partial charge is 0.399 e. The first-order valence-corrected chi connectivity index (χ1v) is 9.61. The number of nitrogens with two attached hydrogens (primary N) is 1. The monoisotopic (exact) mass is 335 g/mol. The second-order valence-electron chi connectivity index (χ2n) is 6.82. The van der Waals surface area contributed by atoms with Gasteiger partial charge in [-0.15, -0.1) is 0 Å². The molecular weight excluding hydrogens is 306 g/mol. The van der Waals surface area contributed by atoms with Crippen molar-refractivity contribution in [3.05, 3.63) is 48.5 Å². The van der Waals surface area contributed by atoms with Gasteiger partial charge >= 0.3 is 0 Å².